The van der Waals surface area contributed by atoms with Gasteiger partial charge in [-0.1, -0.05) is 44.2 Å². The Balaban J connectivity index is 0.832. The molecule has 2 aromatic heterocycles. The SMILES string of the molecule is COc1cc(CN2CCN(C3CC4(CCN(c5ccc(C(=O)NS(=O)(=O)c6ccc(NC[C@H]7CC[C@](C)(O)CC7)c([N+](=O)[O-])c6)c(Oc6cnc7[nH]ccc7c6)c5)CC4)C3)C(c3ccccc3C(C)C)C2)cc(C)c1OC. The number of hydrogen-bond acceptors (Lipinski definition) is 14. The molecule has 17 nitrogen and oxygen atoms in total. The van der Waals surface area contributed by atoms with E-state index in [1.54, 1.807) is 44.8 Å². The van der Waals surface area contributed by atoms with E-state index in [0.717, 1.165) is 112 Å². The van der Waals surface area contributed by atoms with Gasteiger partial charge in [0, 0.05) is 87.3 Å². The molecule has 18 heteroatoms. The number of nitrogens with one attached hydrogen (secondary N) is 3. The number of aromatic nitrogens is 2. The fraction of sp³-hybridized carbons (Fsp3) is 0.458. The zero-order chi connectivity index (χ0) is 54.2. The smallest absolute Gasteiger partial charge is 0.293 e. The third-order valence-corrected chi connectivity index (χ3v) is 18.2. The second-order valence-electron chi connectivity index (χ2n) is 22.5. The molecule has 4 aliphatic rings. The molecule has 4 fully saturated rings. The average molecular weight is 1070 g/mol. The lowest BCUT2D eigenvalue weighted by Crippen LogP contribution is -2.60. The lowest BCUT2D eigenvalue weighted by Gasteiger charge is -2.58. The number of rotatable bonds is 17. The summed E-state index contributed by atoms with van der Waals surface area (Å²) in [6.07, 6.45) is 10.3. The number of benzene rings is 4. The van der Waals surface area contributed by atoms with E-state index in [-0.39, 0.29) is 34.4 Å². The Morgan fingerprint density at radius 3 is 2.43 bits per heavy atom. The summed E-state index contributed by atoms with van der Waals surface area (Å²) in [4.78, 5) is 40.6. The molecular weight excluding hydrogens is 997 g/mol. The summed E-state index contributed by atoms with van der Waals surface area (Å²) < 4.78 is 47.7. The van der Waals surface area contributed by atoms with Gasteiger partial charge < -0.3 is 34.5 Å². The van der Waals surface area contributed by atoms with Crippen molar-refractivity contribution in [3.63, 3.8) is 0 Å². The summed E-state index contributed by atoms with van der Waals surface area (Å²) in [6.45, 7) is 14.2. The molecule has 10 rings (SSSR count). The number of H-pyrrole nitrogens is 1. The molecule has 4 aromatic carbocycles. The third kappa shape index (κ3) is 11.6. The highest BCUT2D eigenvalue weighted by molar-refractivity contribution is 7.90. The van der Waals surface area contributed by atoms with Crippen molar-refractivity contribution in [2.24, 2.45) is 11.3 Å². The van der Waals surface area contributed by atoms with Crippen LogP contribution in [0.1, 0.15) is 117 Å². The first-order chi connectivity index (χ1) is 36.9. The Morgan fingerprint density at radius 2 is 1.70 bits per heavy atom. The zero-order valence-electron chi connectivity index (χ0n) is 45.0. The summed E-state index contributed by atoms with van der Waals surface area (Å²) in [7, 11) is -1.22. The van der Waals surface area contributed by atoms with Gasteiger partial charge in [-0.25, -0.2) is 18.1 Å². The second-order valence-corrected chi connectivity index (χ2v) is 24.2. The van der Waals surface area contributed by atoms with Gasteiger partial charge in [-0.2, -0.15) is 0 Å². The monoisotopic (exact) mass is 1070 g/mol. The van der Waals surface area contributed by atoms with E-state index in [1.165, 1.54) is 28.8 Å². The second kappa shape index (κ2) is 22.0. The molecule has 1 unspecified atom stereocenters. The topological polar surface area (TPSA) is 205 Å². The largest absolute Gasteiger partial charge is 0.493 e. The first-order valence-electron chi connectivity index (χ1n) is 27.0. The van der Waals surface area contributed by atoms with E-state index < -0.39 is 37.0 Å². The van der Waals surface area contributed by atoms with Crippen LogP contribution in [0.4, 0.5) is 17.1 Å². The van der Waals surface area contributed by atoms with Gasteiger partial charge in [-0.3, -0.25) is 24.7 Å². The Labute approximate surface area is 451 Å². The number of aryl methyl sites for hydroxylation is 1. The van der Waals surface area contributed by atoms with Gasteiger partial charge in [-0.05, 0) is 147 Å². The number of piperazine rings is 1. The van der Waals surface area contributed by atoms with Gasteiger partial charge in [0.1, 0.15) is 22.8 Å². The maximum Gasteiger partial charge on any atom is 0.293 e. The van der Waals surface area contributed by atoms with Crippen LogP contribution in [0.15, 0.2) is 102 Å². The van der Waals surface area contributed by atoms with Gasteiger partial charge >= 0.3 is 0 Å². The summed E-state index contributed by atoms with van der Waals surface area (Å²) in [6, 6.07) is 26.4. The number of pyridine rings is 1. The van der Waals surface area contributed by atoms with Gasteiger partial charge in [0.25, 0.3) is 21.6 Å². The van der Waals surface area contributed by atoms with Crippen LogP contribution in [0.2, 0.25) is 0 Å². The number of nitrogens with zero attached hydrogens (tertiary/aromatic N) is 5. The maximum atomic E-state index is 14.1. The molecule has 1 amide bonds. The molecule has 1 atom stereocenters. The van der Waals surface area contributed by atoms with Crippen molar-refractivity contribution in [2.45, 2.75) is 114 Å². The van der Waals surface area contributed by atoms with Crippen molar-refractivity contribution in [1.82, 2.24) is 24.5 Å². The fourth-order valence-electron chi connectivity index (χ4n) is 12.5. The molecule has 0 bridgehead atoms. The van der Waals surface area contributed by atoms with Gasteiger partial charge in [0.2, 0.25) is 0 Å². The Bertz CT molecular complexity index is 3240. The first kappa shape index (κ1) is 53.7. The van der Waals surface area contributed by atoms with E-state index in [2.05, 4.69) is 91.9 Å². The summed E-state index contributed by atoms with van der Waals surface area (Å²) in [5.41, 5.74) is 5.78. The minimum atomic E-state index is -4.60. The highest BCUT2D eigenvalue weighted by Crippen LogP contribution is 2.53. The van der Waals surface area contributed by atoms with E-state index in [9.17, 15) is 28.4 Å². The van der Waals surface area contributed by atoms with Crippen LogP contribution in [-0.4, -0.2) is 109 Å². The molecule has 6 aromatic rings. The van der Waals surface area contributed by atoms with Crippen molar-refractivity contribution in [3.8, 4) is 23.0 Å². The van der Waals surface area contributed by atoms with E-state index in [1.807, 2.05) is 19.1 Å². The highest BCUT2D eigenvalue weighted by Gasteiger charge is 2.50. The van der Waals surface area contributed by atoms with Crippen molar-refractivity contribution in [3.05, 3.63) is 135 Å². The van der Waals surface area contributed by atoms with Crippen molar-refractivity contribution in [1.29, 1.82) is 0 Å². The zero-order valence-corrected chi connectivity index (χ0v) is 45.8. The van der Waals surface area contributed by atoms with Crippen molar-refractivity contribution < 1.29 is 37.5 Å². The minimum Gasteiger partial charge on any atom is -0.493 e. The number of aromatic amines is 1. The summed E-state index contributed by atoms with van der Waals surface area (Å²) in [5, 5.41) is 26.5. The normalized spacial score (nSPS) is 21.2. The van der Waals surface area contributed by atoms with Gasteiger partial charge in [0.15, 0.2) is 11.5 Å². The maximum absolute atomic E-state index is 14.1. The van der Waals surface area contributed by atoms with E-state index in [0.29, 0.717) is 42.7 Å². The molecule has 4 heterocycles. The number of piperidine rings is 1. The molecule has 0 radical (unpaired) electrons. The molecule has 2 aliphatic carbocycles. The van der Waals surface area contributed by atoms with E-state index in [4.69, 9.17) is 14.2 Å². The number of fused-ring (bicyclic) bond motifs is 1. The van der Waals surface area contributed by atoms with Crippen LogP contribution in [0.3, 0.4) is 0 Å². The quantitative estimate of drug-likeness (QED) is 0.0496. The van der Waals surface area contributed by atoms with Crippen molar-refractivity contribution >= 4 is 44.0 Å². The minimum absolute atomic E-state index is 0.0337. The van der Waals surface area contributed by atoms with Crippen molar-refractivity contribution in [2.75, 3.05) is 63.7 Å². The van der Waals surface area contributed by atoms with Gasteiger partial charge in [-0.15, -0.1) is 0 Å². The number of hydrogen-bond donors (Lipinski definition) is 4. The first-order valence-corrected chi connectivity index (χ1v) is 28.5. The molecular formula is C59H72N8O9S. The number of ether oxygens (including phenoxy) is 3. The van der Waals surface area contributed by atoms with Crippen LogP contribution in [0, 0.1) is 28.4 Å². The predicted molar refractivity (Wildman–Crippen MR) is 298 cm³/mol. The molecule has 2 aliphatic heterocycles. The molecule has 1 spiro atoms. The third-order valence-electron chi connectivity index (χ3n) is 16.9. The van der Waals surface area contributed by atoms with Gasteiger partial charge in [0.05, 0.1) is 41.4 Å². The van der Waals surface area contributed by atoms with Crippen LogP contribution in [-0.2, 0) is 16.6 Å². The number of carbonyl (C=O) groups is 1. The summed E-state index contributed by atoms with van der Waals surface area (Å²) >= 11 is 0. The lowest BCUT2D eigenvalue weighted by atomic mass is 9.59. The predicted octanol–water partition coefficient (Wildman–Crippen LogP) is 10.5. The number of carbonyl (C=O) groups excluding carboxylic acids is 1. The summed E-state index contributed by atoms with van der Waals surface area (Å²) in [5.74, 6) is 1.66. The average Bonchev–Trinajstić information content (AvgIpc) is 3.90. The number of sulfonamides is 1. The molecule has 2 saturated carbocycles. The molecule has 77 heavy (non-hydrogen) atoms. The number of nitro groups is 1. The Morgan fingerprint density at radius 1 is 0.935 bits per heavy atom. The Kier molecular flexibility index (Phi) is 15.3. The lowest BCUT2D eigenvalue weighted by molar-refractivity contribution is -0.384. The van der Waals surface area contributed by atoms with Crippen LogP contribution in [0.25, 0.3) is 11.0 Å². The molecule has 2 saturated heterocycles. The number of methoxy groups -OCH3 is 2. The Hall–Kier alpha value is -6.73. The van der Waals surface area contributed by atoms with Crippen LogP contribution in [0.5, 0.6) is 23.0 Å². The molecule has 4 N–H and O–H groups in total. The standard InChI is InChI=1S/C59H72N8O9S/c1-38(2)47-9-7-8-10-48(47)52-37-64(36-41-27-39(3)55(75-6)54(28-41)74-5)25-26-66(52)44-32-59(33-44)20-23-65(24-21-59)43-11-13-49(53(30-43)76-45-29-42-17-22-60-56(42)62-35-45)57(68)63-77(72,73)46-12-14-50(51(31-46)67(70)71)61-34-40-15-18-58(4,69)19-16-40/h7-14,17,22,27-31,35,38,40,44,52,61,69H,15-16,18-21,23-26,32-34,36-37H2,1-6H3,(H,60,62)(H,63,68)/t40-,52?,58-. The fourth-order valence-corrected chi connectivity index (χ4v) is 13.5. The number of nitro benzene ring substituents is 1. The number of aliphatic hydroxyl groups is 1. The molecule has 408 valence electrons. The number of amides is 1. The number of anilines is 2. The van der Waals surface area contributed by atoms with Crippen LogP contribution < -0.4 is 29.1 Å². The highest BCUT2D eigenvalue weighted by atomic mass is 32.2. The van der Waals surface area contributed by atoms with E-state index >= 15 is 0 Å². The van der Waals surface area contributed by atoms with Crippen LogP contribution >= 0.6 is 0 Å².